The van der Waals surface area contributed by atoms with Crippen molar-refractivity contribution in [2.24, 2.45) is 9.98 Å². The van der Waals surface area contributed by atoms with Crippen LogP contribution in [-0.4, -0.2) is 33.0 Å². The second-order valence-electron chi connectivity index (χ2n) is 9.13. The van der Waals surface area contributed by atoms with Crippen LogP contribution in [0.4, 0.5) is 11.4 Å². The number of benzene rings is 3. The predicted molar refractivity (Wildman–Crippen MR) is 147 cm³/mol. The Kier molecular flexibility index (Phi) is 6.49. The smallest absolute Gasteiger partial charge is 0.263 e. The first kappa shape index (κ1) is 24.0. The fourth-order valence-corrected chi connectivity index (χ4v) is 5.73. The van der Waals surface area contributed by atoms with Gasteiger partial charge in [0.25, 0.3) is 5.91 Å². The third-order valence-corrected chi connectivity index (χ3v) is 7.74. The maximum absolute atomic E-state index is 13.6. The van der Waals surface area contributed by atoms with Crippen molar-refractivity contribution in [3.63, 3.8) is 0 Å². The molecule has 0 unspecified atom stereocenters. The molecule has 2 aliphatic heterocycles. The number of anilines is 1. The van der Waals surface area contributed by atoms with Crippen molar-refractivity contribution in [2.75, 3.05) is 5.32 Å². The van der Waals surface area contributed by atoms with E-state index in [0.717, 1.165) is 39.2 Å². The van der Waals surface area contributed by atoms with Crippen LogP contribution in [0.15, 0.2) is 76.7 Å². The van der Waals surface area contributed by atoms with Crippen molar-refractivity contribution in [1.82, 2.24) is 4.90 Å². The molecule has 0 bridgehead atoms. The van der Waals surface area contributed by atoms with E-state index in [9.17, 15) is 9.59 Å². The van der Waals surface area contributed by atoms with Crippen molar-refractivity contribution in [3.8, 4) is 0 Å². The van der Waals surface area contributed by atoms with Gasteiger partial charge in [0, 0.05) is 11.3 Å². The summed E-state index contributed by atoms with van der Waals surface area (Å²) in [6, 6.07) is 20.7. The summed E-state index contributed by atoms with van der Waals surface area (Å²) in [5.41, 5.74) is 6.45. The van der Waals surface area contributed by atoms with Crippen molar-refractivity contribution in [1.29, 1.82) is 0 Å². The van der Waals surface area contributed by atoms with Gasteiger partial charge < -0.3 is 5.32 Å². The number of amidine groups is 2. The normalized spacial score (nSPS) is 17.2. The van der Waals surface area contributed by atoms with Crippen LogP contribution < -0.4 is 5.32 Å². The van der Waals surface area contributed by atoms with Gasteiger partial charge >= 0.3 is 0 Å². The van der Waals surface area contributed by atoms with E-state index >= 15 is 0 Å². The molecule has 0 spiro atoms. The highest BCUT2D eigenvalue weighted by Gasteiger charge is 2.43. The molecule has 0 fully saturated rings. The molecule has 182 valence electrons. The number of carbonyl (C=O) groups excluding carboxylic acids is 2. The number of nitrogens with zero attached hydrogens (tertiary/aromatic N) is 3. The van der Waals surface area contributed by atoms with Crippen molar-refractivity contribution >= 4 is 46.0 Å². The van der Waals surface area contributed by atoms with E-state index < -0.39 is 11.3 Å². The van der Waals surface area contributed by atoms with E-state index in [0.29, 0.717) is 17.4 Å². The van der Waals surface area contributed by atoms with Crippen molar-refractivity contribution in [3.05, 3.63) is 94.5 Å². The molecule has 1 N–H and O–H groups in total. The minimum Gasteiger partial charge on any atom is -0.325 e. The predicted octanol–water partition coefficient (Wildman–Crippen LogP) is 6.09. The van der Waals surface area contributed by atoms with Gasteiger partial charge in [-0.1, -0.05) is 78.8 Å². The number of amides is 2. The van der Waals surface area contributed by atoms with Crippen LogP contribution in [0.3, 0.4) is 0 Å². The van der Waals surface area contributed by atoms with Crippen molar-refractivity contribution in [2.45, 2.75) is 45.4 Å². The van der Waals surface area contributed by atoms with E-state index in [1.165, 1.54) is 11.8 Å². The summed E-state index contributed by atoms with van der Waals surface area (Å²) in [7, 11) is 0. The molecule has 7 heteroatoms. The van der Waals surface area contributed by atoms with Crippen LogP contribution in [0.25, 0.3) is 0 Å². The summed E-state index contributed by atoms with van der Waals surface area (Å²) in [6.07, 6.45) is 0.581. The van der Waals surface area contributed by atoms with Gasteiger partial charge in [-0.25, -0.2) is 14.9 Å². The van der Waals surface area contributed by atoms with E-state index in [1.807, 2.05) is 82.3 Å². The zero-order valence-electron chi connectivity index (χ0n) is 20.8. The average Bonchev–Trinajstić information content (AvgIpc) is 3.22. The number of nitrogens with one attached hydrogen (secondary N) is 1. The quantitative estimate of drug-likeness (QED) is 0.464. The molecular weight excluding hydrogens is 468 g/mol. The highest BCUT2D eigenvalue weighted by molar-refractivity contribution is 8.15. The molecule has 2 atom stereocenters. The molecule has 3 aromatic carbocycles. The second kappa shape index (κ2) is 9.74. The third kappa shape index (κ3) is 4.35. The molecule has 0 aromatic heterocycles. The SMILES string of the molecule is CC[C@@H](SC1=Nc2ccccc2C2=N[C@H](c3ccccc3)C(=O)N12)C(=O)Nc1c(C)cc(C)cc1C. The van der Waals surface area contributed by atoms with E-state index in [1.54, 1.807) is 4.90 Å². The lowest BCUT2D eigenvalue weighted by atomic mass is 10.0. The van der Waals surface area contributed by atoms with Crippen LogP contribution in [0.2, 0.25) is 0 Å². The number of thioether (sulfide) groups is 1. The lowest BCUT2D eigenvalue weighted by Gasteiger charge is -2.27. The molecule has 2 amide bonds. The van der Waals surface area contributed by atoms with Gasteiger partial charge in [0.1, 0.15) is 5.84 Å². The maximum atomic E-state index is 13.6. The number of fused-ring (bicyclic) bond motifs is 3. The topological polar surface area (TPSA) is 74.1 Å². The van der Waals surface area contributed by atoms with Gasteiger partial charge in [-0.15, -0.1) is 0 Å². The Morgan fingerprint density at radius 3 is 2.39 bits per heavy atom. The minimum absolute atomic E-state index is 0.108. The lowest BCUT2D eigenvalue weighted by Crippen LogP contribution is -2.41. The molecule has 36 heavy (non-hydrogen) atoms. The Balaban J connectivity index is 1.46. The second-order valence-corrected chi connectivity index (χ2v) is 10.3. The maximum Gasteiger partial charge on any atom is 0.263 e. The zero-order chi connectivity index (χ0) is 25.4. The number of aliphatic imine (C=N–C) groups is 2. The summed E-state index contributed by atoms with van der Waals surface area (Å²) in [5.74, 6) is 0.323. The third-order valence-electron chi connectivity index (χ3n) is 6.42. The molecule has 0 aliphatic carbocycles. The highest BCUT2D eigenvalue weighted by Crippen LogP contribution is 2.39. The largest absolute Gasteiger partial charge is 0.325 e. The summed E-state index contributed by atoms with van der Waals surface area (Å²) in [6.45, 7) is 8.02. The summed E-state index contributed by atoms with van der Waals surface area (Å²) >= 11 is 1.31. The van der Waals surface area contributed by atoms with Gasteiger partial charge in [-0.2, -0.15) is 0 Å². The Hall–Kier alpha value is -3.71. The number of rotatable bonds is 5. The van der Waals surface area contributed by atoms with Gasteiger partial charge in [0.2, 0.25) is 5.91 Å². The Labute approximate surface area is 215 Å². The fourth-order valence-electron chi connectivity index (χ4n) is 4.71. The molecule has 2 heterocycles. The Morgan fingerprint density at radius 2 is 1.69 bits per heavy atom. The highest BCUT2D eigenvalue weighted by atomic mass is 32.2. The van der Waals surface area contributed by atoms with E-state index in [4.69, 9.17) is 9.98 Å². The summed E-state index contributed by atoms with van der Waals surface area (Å²) in [4.78, 5) is 38.2. The molecule has 3 aromatic rings. The number of carbonyl (C=O) groups is 2. The molecular formula is C29H28N4O2S. The lowest BCUT2D eigenvalue weighted by molar-refractivity contribution is -0.124. The fraction of sp³-hybridized carbons (Fsp3) is 0.241. The van der Waals surface area contributed by atoms with Crippen LogP contribution in [0.5, 0.6) is 0 Å². The van der Waals surface area contributed by atoms with Crippen LogP contribution >= 0.6 is 11.8 Å². The molecule has 0 radical (unpaired) electrons. The number of aryl methyl sites for hydroxylation is 3. The van der Waals surface area contributed by atoms with Crippen LogP contribution in [0, 0.1) is 20.8 Å². The molecule has 6 nitrogen and oxygen atoms in total. The minimum atomic E-state index is -0.634. The number of hydrogen-bond acceptors (Lipinski definition) is 5. The van der Waals surface area contributed by atoms with Gasteiger partial charge in [-0.3, -0.25) is 9.59 Å². The first-order valence-corrected chi connectivity index (χ1v) is 13.0. The van der Waals surface area contributed by atoms with Gasteiger partial charge in [0.05, 0.1) is 10.9 Å². The Morgan fingerprint density at radius 1 is 1.03 bits per heavy atom. The molecule has 0 saturated heterocycles. The molecule has 5 rings (SSSR count). The number of para-hydroxylation sites is 1. The monoisotopic (exact) mass is 496 g/mol. The zero-order valence-corrected chi connectivity index (χ0v) is 21.6. The van der Waals surface area contributed by atoms with E-state index in [2.05, 4.69) is 17.4 Å². The first-order valence-electron chi connectivity index (χ1n) is 12.1. The standard InChI is InChI=1S/C29H28N4O2S/c1-5-23(27(34)32-24-18(3)15-17(2)16-19(24)4)36-29-30-22-14-10-9-13-21(22)26-31-25(28(35)33(26)29)20-11-7-6-8-12-20/h6-16,23,25H,5H2,1-4H3,(H,32,34)/t23-,25-/m1/s1. The molecule has 2 aliphatic rings. The van der Waals surface area contributed by atoms with Crippen LogP contribution in [0.1, 0.15) is 47.2 Å². The van der Waals surface area contributed by atoms with Crippen molar-refractivity contribution < 1.29 is 9.59 Å². The average molecular weight is 497 g/mol. The summed E-state index contributed by atoms with van der Waals surface area (Å²) in [5, 5.41) is 3.17. The van der Waals surface area contributed by atoms with Gasteiger partial charge in [0.15, 0.2) is 11.2 Å². The van der Waals surface area contributed by atoms with E-state index in [-0.39, 0.29) is 11.8 Å². The Bertz CT molecular complexity index is 1390. The van der Waals surface area contributed by atoms with Gasteiger partial charge in [-0.05, 0) is 56.0 Å². The molecule has 0 saturated carbocycles. The van der Waals surface area contributed by atoms with Crippen LogP contribution in [-0.2, 0) is 9.59 Å². The summed E-state index contributed by atoms with van der Waals surface area (Å²) < 4.78 is 0. The first-order chi connectivity index (χ1) is 17.4. The number of hydrogen-bond donors (Lipinski definition) is 1.